The van der Waals surface area contributed by atoms with Crippen LogP contribution in [-0.2, 0) is 5.41 Å². The predicted molar refractivity (Wildman–Crippen MR) is 266 cm³/mol. The fraction of sp³-hybridized carbons (Fsp3) is 0.0323. The van der Waals surface area contributed by atoms with Crippen LogP contribution >= 0.6 is 0 Å². The van der Waals surface area contributed by atoms with E-state index in [0.717, 1.165) is 22.6 Å². The van der Waals surface area contributed by atoms with Crippen molar-refractivity contribution in [3.05, 3.63) is 271 Å². The lowest BCUT2D eigenvalue weighted by atomic mass is 9.74. The van der Waals surface area contributed by atoms with Crippen LogP contribution in [0.2, 0.25) is 0 Å². The van der Waals surface area contributed by atoms with Crippen molar-refractivity contribution in [2.24, 2.45) is 0 Å². The third-order valence-electron chi connectivity index (χ3n) is 13.0. The minimum atomic E-state index is -0.338. The lowest BCUT2D eigenvalue weighted by Crippen LogP contribution is -2.22. The van der Waals surface area contributed by atoms with E-state index in [9.17, 15) is 0 Å². The number of hydrogen-bond acceptors (Lipinski definition) is 1. The lowest BCUT2D eigenvalue weighted by Gasteiger charge is -2.32. The summed E-state index contributed by atoms with van der Waals surface area (Å²) in [7, 11) is 0. The summed E-state index contributed by atoms with van der Waals surface area (Å²) in [5.74, 6) is 0. The molecule has 10 aromatic rings. The zero-order valence-electron chi connectivity index (χ0n) is 35.2. The van der Waals surface area contributed by atoms with Gasteiger partial charge in [0.2, 0.25) is 0 Å². The Labute approximate surface area is 370 Å². The van der Waals surface area contributed by atoms with E-state index in [2.05, 4.69) is 267 Å². The minimum absolute atomic E-state index is 0.338. The van der Waals surface area contributed by atoms with Gasteiger partial charge in [-0.2, -0.15) is 0 Å². The van der Waals surface area contributed by atoms with E-state index in [4.69, 9.17) is 0 Å². The summed E-state index contributed by atoms with van der Waals surface area (Å²) in [5, 5.41) is 0. The van der Waals surface area contributed by atoms with Crippen molar-refractivity contribution in [3.8, 4) is 66.8 Å². The fourth-order valence-electron chi connectivity index (χ4n) is 9.88. The summed E-state index contributed by atoms with van der Waals surface area (Å²) in [5.41, 5.74) is 21.4. The third kappa shape index (κ3) is 6.76. The Kier molecular flexibility index (Phi) is 9.71. The monoisotopic (exact) mass is 803 g/mol. The molecule has 10 aromatic carbocycles. The Hall–Kier alpha value is -8.00. The van der Waals surface area contributed by atoms with Gasteiger partial charge in [-0.05, 0) is 121 Å². The molecule has 1 aliphatic carbocycles. The molecule has 0 spiro atoms. The van der Waals surface area contributed by atoms with Gasteiger partial charge < -0.3 is 4.90 Å². The first-order valence-electron chi connectivity index (χ1n) is 21.8. The SMILES string of the molecule is CC1(c2ccccc2)c2ccccc2-c2ccc(N(c3ccc(-c4cccc(-c5ccccc5)c4)cc3)c3ccccc3-c3ccccc3-c3ccccc3-c3ccccc3)cc21. The Bertz CT molecular complexity index is 3220. The Morgan fingerprint density at radius 2 is 0.714 bits per heavy atom. The van der Waals surface area contributed by atoms with Gasteiger partial charge in [0.25, 0.3) is 0 Å². The molecule has 298 valence electrons. The Balaban J connectivity index is 1.10. The van der Waals surface area contributed by atoms with Crippen LogP contribution in [0.15, 0.2) is 255 Å². The van der Waals surface area contributed by atoms with Crippen LogP contribution in [-0.4, -0.2) is 0 Å². The molecule has 63 heavy (non-hydrogen) atoms. The Morgan fingerprint density at radius 1 is 0.270 bits per heavy atom. The van der Waals surface area contributed by atoms with E-state index in [1.54, 1.807) is 0 Å². The number of fused-ring (bicyclic) bond motifs is 3. The zero-order chi connectivity index (χ0) is 42.2. The lowest BCUT2D eigenvalue weighted by molar-refractivity contribution is 0.714. The topological polar surface area (TPSA) is 3.24 Å². The Morgan fingerprint density at radius 3 is 1.38 bits per heavy atom. The number of hydrogen-bond donors (Lipinski definition) is 0. The average Bonchev–Trinajstić information content (AvgIpc) is 3.63. The number of rotatable bonds is 9. The van der Waals surface area contributed by atoms with Crippen LogP contribution in [0.1, 0.15) is 23.6 Å². The maximum Gasteiger partial charge on any atom is 0.0540 e. The fourth-order valence-corrected chi connectivity index (χ4v) is 9.88. The maximum absolute atomic E-state index is 2.47. The molecule has 0 radical (unpaired) electrons. The van der Waals surface area contributed by atoms with E-state index in [1.807, 2.05) is 0 Å². The molecule has 1 unspecified atom stereocenters. The van der Waals surface area contributed by atoms with Crippen LogP contribution in [0.5, 0.6) is 0 Å². The normalized spacial score (nSPS) is 13.9. The van der Waals surface area contributed by atoms with Gasteiger partial charge in [-0.15, -0.1) is 0 Å². The van der Waals surface area contributed by atoms with Crippen LogP contribution in [0.4, 0.5) is 17.1 Å². The summed E-state index contributed by atoms with van der Waals surface area (Å²) < 4.78 is 0. The summed E-state index contributed by atoms with van der Waals surface area (Å²) in [6.07, 6.45) is 0. The highest BCUT2D eigenvalue weighted by Gasteiger charge is 2.41. The van der Waals surface area contributed by atoms with E-state index in [0.29, 0.717) is 0 Å². The number of anilines is 3. The van der Waals surface area contributed by atoms with Gasteiger partial charge in [0.05, 0.1) is 5.69 Å². The molecule has 1 aliphatic rings. The van der Waals surface area contributed by atoms with E-state index in [-0.39, 0.29) is 5.41 Å². The van der Waals surface area contributed by atoms with E-state index in [1.165, 1.54) is 77.9 Å². The quantitative estimate of drug-likeness (QED) is 0.140. The number of nitrogens with zero attached hydrogens (tertiary/aromatic N) is 1. The molecule has 0 aromatic heterocycles. The molecule has 0 aliphatic heterocycles. The van der Waals surface area contributed by atoms with Gasteiger partial charge in [-0.3, -0.25) is 0 Å². The van der Waals surface area contributed by atoms with Crippen molar-refractivity contribution in [2.75, 3.05) is 4.90 Å². The highest BCUT2D eigenvalue weighted by atomic mass is 15.1. The zero-order valence-corrected chi connectivity index (χ0v) is 35.2. The van der Waals surface area contributed by atoms with Crippen molar-refractivity contribution in [1.29, 1.82) is 0 Å². The predicted octanol–water partition coefficient (Wildman–Crippen LogP) is 16.8. The van der Waals surface area contributed by atoms with Crippen molar-refractivity contribution in [1.82, 2.24) is 0 Å². The molecule has 0 heterocycles. The van der Waals surface area contributed by atoms with Gasteiger partial charge in [-0.1, -0.05) is 218 Å². The van der Waals surface area contributed by atoms with Crippen molar-refractivity contribution in [2.45, 2.75) is 12.3 Å². The second kappa shape index (κ2) is 16.1. The first-order chi connectivity index (χ1) is 31.1. The summed E-state index contributed by atoms with van der Waals surface area (Å²) in [6, 6.07) is 93.0. The van der Waals surface area contributed by atoms with Gasteiger partial charge in [0.15, 0.2) is 0 Å². The molecule has 11 rings (SSSR count). The average molecular weight is 804 g/mol. The first kappa shape index (κ1) is 38.0. The number of benzene rings is 10. The highest BCUT2D eigenvalue weighted by molar-refractivity contribution is 5.98. The molecule has 0 fully saturated rings. The van der Waals surface area contributed by atoms with Crippen molar-refractivity contribution < 1.29 is 0 Å². The van der Waals surface area contributed by atoms with Crippen LogP contribution in [0.25, 0.3) is 66.8 Å². The summed E-state index contributed by atoms with van der Waals surface area (Å²) >= 11 is 0. The van der Waals surface area contributed by atoms with Gasteiger partial charge in [0.1, 0.15) is 0 Å². The van der Waals surface area contributed by atoms with Gasteiger partial charge >= 0.3 is 0 Å². The smallest absolute Gasteiger partial charge is 0.0540 e. The molecule has 0 amide bonds. The van der Waals surface area contributed by atoms with Crippen LogP contribution < -0.4 is 4.90 Å². The van der Waals surface area contributed by atoms with Crippen molar-refractivity contribution >= 4 is 17.1 Å². The minimum Gasteiger partial charge on any atom is -0.310 e. The van der Waals surface area contributed by atoms with Gasteiger partial charge in [0, 0.05) is 22.4 Å². The standard InChI is InChI=1S/C62H45N/c1-62(49-26-9-4-10-27-49)59-34-17-15-32-56(59)57-41-40-51(43-60(57)62)63(50-38-36-45(37-39-50)48-25-19-24-47(42-48)44-20-5-2-6-21-44)61-35-18-16-33-58(61)55-31-14-13-30-54(55)53-29-12-11-28-52(53)46-22-7-3-8-23-46/h2-43H,1H3. The van der Waals surface area contributed by atoms with E-state index >= 15 is 0 Å². The molecule has 1 atom stereocenters. The molecule has 0 saturated heterocycles. The second-order valence-corrected chi connectivity index (χ2v) is 16.6. The second-order valence-electron chi connectivity index (χ2n) is 16.6. The van der Waals surface area contributed by atoms with E-state index < -0.39 is 0 Å². The first-order valence-corrected chi connectivity index (χ1v) is 21.8. The largest absolute Gasteiger partial charge is 0.310 e. The molecular formula is C62H45N. The van der Waals surface area contributed by atoms with Crippen LogP contribution in [0, 0.1) is 0 Å². The third-order valence-corrected chi connectivity index (χ3v) is 13.0. The summed E-state index contributed by atoms with van der Waals surface area (Å²) in [4.78, 5) is 2.47. The number of para-hydroxylation sites is 1. The molecule has 1 heteroatoms. The molecule has 0 N–H and O–H groups in total. The highest BCUT2D eigenvalue weighted by Crippen LogP contribution is 2.54. The van der Waals surface area contributed by atoms with Crippen LogP contribution in [0.3, 0.4) is 0 Å². The summed E-state index contributed by atoms with van der Waals surface area (Å²) in [6.45, 7) is 2.40. The molecule has 1 nitrogen and oxygen atoms in total. The van der Waals surface area contributed by atoms with Gasteiger partial charge in [-0.25, -0.2) is 0 Å². The molecule has 0 saturated carbocycles. The molecule has 0 bridgehead atoms. The maximum atomic E-state index is 2.47. The molecular weight excluding hydrogens is 759 g/mol. The van der Waals surface area contributed by atoms with Crippen molar-refractivity contribution in [3.63, 3.8) is 0 Å².